The van der Waals surface area contributed by atoms with Gasteiger partial charge in [0.1, 0.15) is 4.88 Å². The van der Waals surface area contributed by atoms with Crippen molar-refractivity contribution < 1.29 is 9.90 Å². The molecule has 1 N–H and O–H groups in total. The van der Waals surface area contributed by atoms with Gasteiger partial charge in [0.05, 0.1) is 10.7 Å². The highest BCUT2D eigenvalue weighted by atomic mass is 32.1. The van der Waals surface area contributed by atoms with Crippen LogP contribution >= 0.6 is 11.3 Å². The SMILES string of the molecule is CC(C)Cc1nc(CCN(C)C)sc1C(=O)O. The number of aromatic carboxylic acids is 1. The Morgan fingerprint density at radius 3 is 2.59 bits per heavy atom. The summed E-state index contributed by atoms with van der Waals surface area (Å²) in [6.07, 6.45) is 1.55. The molecule has 0 fully saturated rings. The Morgan fingerprint density at radius 2 is 2.12 bits per heavy atom. The van der Waals surface area contributed by atoms with E-state index >= 15 is 0 Å². The predicted octanol–water partition coefficient (Wildman–Crippen LogP) is 2.14. The monoisotopic (exact) mass is 256 g/mol. The average Bonchev–Trinajstić information content (AvgIpc) is 2.57. The van der Waals surface area contributed by atoms with Crippen LogP contribution in [0.1, 0.15) is 34.2 Å². The minimum atomic E-state index is -0.853. The molecule has 0 spiro atoms. The molecule has 0 aliphatic heterocycles. The van der Waals surface area contributed by atoms with E-state index < -0.39 is 5.97 Å². The van der Waals surface area contributed by atoms with Crippen molar-refractivity contribution in [1.29, 1.82) is 0 Å². The van der Waals surface area contributed by atoms with Gasteiger partial charge in [-0.05, 0) is 26.4 Å². The van der Waals surface area contributed by atoms with Gasteiger partial charge in [-0.3, -0.25) is 0 Å². The lowest BCUT2D eigenvalue weighted by molar-refractivity contribution is 0.0700. The molecular weight excluding hydrogens is 236 g/mol. The number of carboxylic acids is 1. The second-order valence-electron chi connectivity index (χ2n) is 4.84. The number of hydrogen-bond donors (Lipinski definition) is 1. The Kier molecular flexibility index (Phi) is 5.08. The second-order valence-corrected chi connectivity index (χ2v) is 5.92. The first-order valence-corrected chi connectivity index (χ1v) is 6.58. The number of carbonyl (C=O) groups is 1. The quantitative estimate of drug-likeness (QED) is 0.847. The molecule has 0 aromatic carbocycles. The van der Waals surface area contributed by atoms with Gasteiger partial charge in [0.25, 0.3) is 0 Å². The summed E-state index contributed by atoms with van der Waals surface area (Å²) in [7, 11) is 4.00. The third kappa shape index (κ3) is 4.44. The molecule has 1 aromatic rings. The summed E-state index contributed by atoms with van der Waals surface area (Å²) in [5, 5.41) is 10.1. The van der Waals surface area contributed by atoms with Crippen molar-refractivity contribution in [3.63, 3.8) is 0 Å². The van der Waals surface area contributed by atoms with Crippen molar-refractivity contribution in [1.82, 2.24) is 9.88 Å². The van der Waals surface area contributed by atoms with E-state index in [9.17, 15) is 4.79 Å². The van der Waals surface area contributed by atoms with Crippen LogP contribution in [-0.4, -0.2) is 41.6 Å². The first-order valence-electron chi connectivity index (χ1n) is 5.76. The molecule has 4 nitrogen and oxygen atoms in total. The predicted molar refractivity (Wildman–Crippen MR) is 69.9 cm³/mol. The molecule has 0 unspecified atom stereocenters. The summed E-state index contributed by atoms with van der Waals surface area (Å²) in [5.74, 6) is -0.425. The number of rotatable bonds is 6. The van der Waals surface area contributed by atoms with Crippen LogP contribution in [0, 0.1) is 5.92 Å². The van der Waals surface area contributed by atoms with Crippen LogP contribution in [0.3, 0.4) is 0 Å². The molecule has 1 rings (SSSR count). The van der Waals surface area contributed by atoms with E-state index in [1.54, 1.807) is 0 Å². The highest BCUT2D eigenvalue weighted by Gasteiger charge is 2.17. The Balaban J connectivity index is 2.84. The minimum absolute atomic E-state index is 0.410. The summed E-state index contributed by atoms with van der Waals surface area (Å²) < 4.78 is 0. The van der Waals surface area contributed by atoms with Crippen molar-refractivity contribution in [2.24, 2.45) is 5.92 Å². The van der Waals surface area contributed by atoms with Crippen LogP contribution in [0.2, 0.25) is 0 Å². The van der Waals surface area contributed by atoms with Crippen molar-refractivity contribution in [2.45, 2.75) is 26.7 Å². The fourth-order valence-corrected chi connectivity index (χ4v) is 2.44. The number of nitrogens with zero attached hydrogens (tertiary/aromatic N) is 2. The van der Waals surface area contributed by atoms with Gasteiger partial charge in [-0.25, -0.2) is 9.78 Å². The first kappa shape index (κ1) is 14.1. The summed E-state index contributed by atoms with van der Waals surface area (Å²) in [6.45, 7) is 5.04. The minimum Gasteiger partial charge on any atom is -0.477 e. The number of likely N-dealkylation sites (N-methyl/N-ethyl adjacent to an activating group) is 1. The van der Waals surface area contributed by atoms with Crippen molar-refractivity contribution >= 4 is 17.3 Å². The molecule has 0 aliphatic carbocycles. The van der Waals surface area contributed by atoms with Crippen molar-refractivity contribution in [3.05, 3.63) is 15.6 Å². The molecule has 0 atom stereocenters. The zero-order valence-corrected chi connectivity index (χ0v) is 11.7. The Bertz CT molecular complexity index is 386. The highest BCUT2D eigenvalue weighted by molar-refractivity contribution is 7.13. The largest absolute Gasteiger partial charge is 0.477 e. The molecule has 1 heterocycles. The summed E-state index contributed by atoms with van der Waals surface area (Å²) in [4.78, 5) is 18.1. The molecule has 0 aliphatic rings. The highest BCUT2D eigenvalue weighted by Crippen LogP contribution is 2.21. The van der Waals surface area contributed by atoms with Crippen LogP contribution in [0.4, 0.5) is 0 Å². The maximum atomic E-state index is 11.1. The van der Waals surface area contributed by atoms with Gasteiger partial charge in [-0.15, -0.1) is 11.3 Å². The second kappa shape index (κ2) is 6.12. The third-order valence-electron chi connectivity index (χ3n) is 2.31. The fraction of sp³-hybridized carbons (Fsp3) is 0.667. The smallest absolute Gasteiger partial charge is 0.347 e. The van der Waals surface area contributed by atoms with Gasteiger partial charge >= 0.3 is 5.97 Å². The maximum Gasteiger partial charge on any atom is 0.347 e. The van der Waals surface area contributed by atoms with Crippen molar-refractivity contribution in [3.8, 4) is 0 Å². The summed E-state index contributed by atoms with van der Waals surface area (Å²) in [5.41, 5.74) is 0.742. The van der Waals surface area contributed by atoms with E-state index in [2.05, 4.69) is 23.7 Å². The van der Waals surface area contributed by atoms with Crippen LogP contribution in [0.5, 0.6) is 0 Å². The third-order valence-corrected chi connectivity index (χ3v) is 3.46. The molecule has 1 aromatic heterocycles. The van der Waals surface area contributed by atoms with Crippen LogP contribution < -0.4 is 0 Å². The number of aromatic nitrogens is 1. The molecule has 5 heteroatoms. The van der Waals surface area contributed by atoms with E-state index in [0.717, 1.165) is 30.1 Å². The summed E-state index contributed by atoms with van der Waals surface area (Å²) in [6, 6.07) is 0. The Hall–Kier alpha value is -0.940. The molecule has 0 saturated carbocycles. The van der Waals surface area contributed by atoms with E-state index in [1.807, 2.05) is 14.1 Å². The Morgan fingerprint density at radius 1 is 1.47 bits per heavy atom. The van der Waals surface area contributed by atoms with Crippen LogP contribution in [0.15, 0.2) is 0 Å². The van der Waals surface area contributed by atoms with E-state index in [4.69, 9.17) is 5.11 Å². The molecule has 0 radical (unpaired) electrons. The zero-order valence-electron chi connectivity index (χ0n) is 10.9. The number of hydrogen-bond acceptors (Lipinski definition) is 4. The lowest BCUT2D eigenvalue weighted by atomic mass is 10.1. The molecule has 0 amide bonds. The molecule has 96 valence electrons. The van der Waals surface area contributed by atoms with Crippen molar-refractivity contribution in [2.75, 3.05) is 20.6 Å². The zero-order chi connectivity index (χ0) is 13.0. The molecule has 17 heavy (non-hydrogen) atoms. The van der Waals surface area contributed by atoms with Gasteiger partial charge in [-0.1, -0.05) is 13.8 Å². The summed E-state index contributed by atoms with van der Waals surface area (Å²) >= 11 is 1.31. The normalized spacial score (nSPS) is 11.4. The van der Waals surface area contributed by atoms with Crippen LogP contribution in [-0.2, 0) is 12.8 Å². The lowest BCUT2D eigenvalue weighted by Crippen LogP contribution is -2.14. The number of carboxylic acid groups (broad SMARTS) is 1. The van der Waals surface area contributed by atoms with E-state index in [-0.39, 0.29) is 0 Å². The average molecular weight is 256 g/mol. The van der Waals surface area contributed by atoms with Gasteiger partial charge in [-0.2, -0.15) is 0 Å². The fourth-order valence-electron chi connectivity index (χ4n) is 1.52. The van der Waals surface area contributed by atoms with Gasteiger partial charge < -0.3 is 10.0 Å². The maximum absolute atomic E-state index is 11.1. The van der Waals surface area contributed by atoms with Gasteiger partial charge in [0, 0.05) is 13.0 Å². The molecule has 0 saturated heterocycles. The lowest BCUT2D eigenvalue weighted by Gasteiger charge is -2.06. The van der Waals surface area contributed by atoms with E-state index in [0.29, 0.717) is 10.8 Å². The molecule has 0 bridgehead atoms. The van der Waals surface area contributed by atoms with Gasteiger partial charge in [0.15, 0.2) is 0 Å². The van der Waals surface area contributed by atoms with Crippen LogP contribution in [0.25, 0.3) is 0 Å². The van der Waals surface area contributed by atoms with E-state index in [1.165, 1.54) is 11.3 Å². The van der Waals surface area contributed by atoms with Gasteiger partial charge in [0.2, 0.25) is 0 Å². The standard InChI is InChI=1S/C12H20N2O2S/c1-8(2)7-9-11(12(15)16)17-10(13-9)5-6-14(3)4/h8H,5-7H2,1-4H3,(H,15,16). The topological polar surface area (TPSA) is 53.4 Å². The molecular formula is C12H20N2O2S. The Labute approximate surface area is 106 Å². The first-order chi connectivity index (χ1) is 7.90. The number of thiazole rings is 1.